The molecule has 12 fully saturated rings. The average Bonchev–Trinajstić information content (AvgIpc) is 0.673. The number of allylic oxidation sites excluding steroid dienone is 2. The maximum Gasteiger partial charge on any atom is 0.315 e. The molecule has 40 heteroatoms. The number of fused-ring (bicyclic) bond motifs is 7. The SMILES string of the molecule is CC1OC(OC2C(CO)OC(OCC3OC(OC(=O)C45CCC(C)(C)CC4C4=CCC6C7(C)CCC(OC8OCC(O)C(OC9OC(CO)C(OC%10OC(CO)C(O)C(OC%11OCC(O)C(O)C%11O)C%10O)C(O)C9O)C8OC8OC(CO)C(O)C(O)C8O)C(C)(C)C7CCC6(C)C4(C)CC5)C(O)C(O)C3O)C(O)C2O)C(O)C(O)C1O. The Morgan fingerprint density at radius 3 is 1.50 bits per heavy atom. The molecule has 40 nitrogen and oxygen atoms in total. The molecule has 8 heterocycles. The van der Waals surface area contributed by atoms with E-state index in [-0.39, 0.29) is 34.0 Å². The molecule has 8 saturated heterocycles. The number of aliphatic hydroxyl groups excluding tert-OH is 23. The van der Waals surface area contributed by atoms with Gasteiger partial charge in [-0.25, -0.2) is 0 Å². The molecule has 0 bridgehead atoms. The fourth-order valence-corrected chi connectivity index (χ4v) is 21.7. The van der Waals surface area contributed by atoms with Crippen LogP contribution in [0.3, 0.4) is 0 Å². The molecule has 5 aliphatic carbocycles. The molecule has 0 radical (unpaired) electrons. The van der Waals surface area contributed by atoms with Crippen LogP contribution < -0.4 is 0 Å². The summed E-state index contributed by atoms with van der Waals surface area (Å²) in [6.45, 7) is 11.5. The van der Waals surface area contributed by atoms with Crippen molar-refractivity contribution in [2.45, 2.75) is 359 Å². The molecule has 0 amide bonds. The van der Waals surface area contributed by atoms with Crippen LogP contribution in [0.25, 0.3) is 0 Å². The van der Waals surface area contributed by atoms with E-state index in [1.807, 2.05) is 0 Å². The van der Waals surface area contributed by atoms with Gasteiger partial charge in [-0.3, -0.25) is 4.79 Å². The number of hydrogen-bond donors (Lipinski definition) is 23. The molecule has 8 aliphatic heterocycles. The van der Waals surface area contributed by atoms with Crippen LogP contribution >= 0.6 is 0 Å². The molecule has 116 heavy (non-hydrogen) atoms. The van der Waals surface area contributed by atoms with E-state index in [0.717, 1.165) is 12.0 Å². The van der Waals surface area contributed by atoms with Gasteiger partial charge < -0.3 is 193 Å². The zero-order valence-electron chi connectivity index (χ0n) is 66.1. The summed E-state index contributed by atoms with van der Waals surface area (Å²) in [4.78, 5) is 15.5. The molecule has 4 saturated carbocycles. The summed E-state index contributed by atoms with van der Waals surface area (Å²) in [5.74, 6) is -1.05. The highest BCUT2D eigenvalue weighted by molar-refractivity contribution is 5.79. The lowest BCUT2D eigenvalue weighted by molar-refractivity contribution is -0.398. The van der Waals surface area contributed by atoms with Crippen LogP contribution in [0.1, 0.15) is 120 Å². The summed E-state index contributed by atoms with van der Waals surface area (Å²) in [6, 6.07) is 0. The fourth-order valence-electron chi connectivity index (χ4n) is 21.7. The van der Waals surface area contributed by atoms with Crippen LogP contribution in [0.2, 0.25) is 0 Å². The molecule has 668 valence electrons. The van der Waals surface area contributed by atoms with Gasteiger partial charge in [0.05, 0.1) is 63.9 Å². The predicted molar refractivity (Wildman–Crippen MR) is 380 cm³/mol. The Bertz CT molecular complexity index is 3310. The molecule has 0 aromatic carbocycles. The van der Waals surface area contributed by atoms with Gasteiger partial charge in [0.25, 0.3) is 0 Å². The van der Waals surface area contributed by atoms with Gasteiger partial charge in [-0.05, 0) is 116 Å². The van der Waals surface area contributed by atoms with Gasteiger partial charge in [-0.2, -0.15) is 0 Å². The Balaban J connectivity index is 0.697. The van der Waals surface area contributed by atoms with E-state index in [4.69, 9.17) is 75.8 Å². The van der Waals surface area contributed by atoms with Gasteiger partial charge in [-0.15, -0.1) is 0 Å². The maximum absolute atomic E-state index is 15.5. The minimum atomic E-state index is -2.17. The summed E-state index contributed by atoms with van der Waals surface area (Å²) >= 11 is 0. The van der Waals surface area contributed by atoms with Crippen molar-refractivity contribution in [1.82, 2.24) is 0 Å². The molecule has 46 atom stereocenters. The van der Waals surface area contributed by atoms with Crippen molar-refractivity contribution in [2.24, 2.45) is 50.2 Å². The van der Waals surface area contributed by atoms with Crippen LogP contribution in [-0.2, 0) is 80.6 Å². The Kier molecular flexibility index (Phi) is 27.8. The van der Waals surface area contributed by atoms with Gasteiger partial charge in [0, 0.05) is 0 Å². The number of carbonyl (C=O) groups excluding carboxylic acids is 1. The number of aliphatic hydroxyl groups is 23. The number of hydrogen-bond acceptors (Lipinski definition) is 40. The highest BCUT2D eigenvalue weighted by Gasteiger charge is 2.71. The highest BCUT2D eigenvalue weighted by atomic mass is 16.8. The lowest BCUT2D eigenvalue weighted by atomic mass is 9.33. The first-order chi connectivity index (χ1) is 54.6. The molecule has 23 N–H and O–H groups in total. The molecule has 0 aromatic rings. The molecular weight excluding hydrogens is 1550 g/mol. The Morgan fingerprint density at radius 2 is 0.879 bits per heavy atom. The first kappa shape index (κ1) is 91.4. The van der Waals surface area contributed by atoms with Crippen LogP contribution in [0.4, 0.5) is 0 Å². The molecule has 13 aliphatic rings. The van der Waals surface area contributed by atoms with Crippen LogP contribution in [0.5, 0.6) is 0 Å². The van der Waals surface area contributed by atoms with E-state index in [2.05, 4.69) is 54.5 Å². The van der Waals surface area contributed by atoms with Crippen molar-refractivity contribution in [3.8, 4) is 0 Å². The molecule has 13 rings (SSSR count). The van der Waals surface area contributed by atoms with E-state index in [1.165, 1.54) is 6.92 Å². The van der Waals surface area contributed by atoms with Crippen molar-refractivity contribution < 1.29 is 198 Å². The molecule has 0 spiro atoms. The first-order valence-corrected chi connectivity index (χ1v) is 40.6. The fraction of sp³-hybridized carbons (Fsp3) is 0.961. The number of ether oxygens (including phenoxy) is 16. The Labute approximate surface area is 669 Å². The van der Waals surface area contributed by atoms with Crippen molar-refractivity contribution in [3.05, 3.63) is 11.6 Å². The summed E-state index contributed by atoms with van der Waals surface area (Å²) in [7, 11) is 0. The van der Waals surface area contributed by atoms with E-state index >= 15 is 4.79 Å². The first-order valence-electron chi connectivity index (χ1n) is 40.6. The molecule has 0 aromatic heterocycles. The van der Waals surface area contributed by atoms with Crippen LogP contribution in [0, 0.1) is 50.2 Å². The molecule has 46 unspecified atom stereocenters. The molecular formula is C76H124O40. The largest absolute Gasteiger partial charge is 0.432 e. The summed E-state index contributed by atoms with van der Waals surface area (Å²) in [6.07, 6.45) is -60.3. The van der Waals surface area contributed by atoms with Gasteiger partial charge in [0.15, 0.2) is 44.0 Å². The summed E-state index contributed by atoms with van der Waals surface area (Å²) in [5.41, 5.74) is -2.23. The maximum atomic E-state index is 15.5. The second-order valence-electron chi connectivity index (χ2n) is 36.6. The smallest absolute Gasteiger partial charge is 0.315 e. The van der Waals surface area contributed by atoms with Crippen LogP contribution in [-0.4, -0.2) is 409 Å². The van der Waals surface area contributed by atoms with E-state index < -0.39 is 308 Å². The quantitative estimate of drug-likeness (QED) is 0.0288. The normalized spacial score (nSPS) is 54.2. The monoisotopic (exact) mass is 1680 g/mol. The third kappa shape index (κ3) is 16.3. The van der Waals surface area contributed by atoms with Gasteiger partial charge in [0.2, 0.25) is 6.29 Å². The van der Waals surface area contributed by atoms with E-state index in [0.29, 0.717) is 57.8 Å². The number of rotatable bonds is 21. The average molecular weight is 1680 g/mol. The van der Waals surface area contributed by atoms with Gasteiger partial charge in [-0.1, -0.05) is 60.1 Å². The lowest BCUT2D eigenvalue weighted by Gasteiger charge is -2.71. The number of carbonyl (C=O) groups is 1. The summed E-state index contributed by atoms with van der Waals surface area (Å²) < 4.78 is 95.8. The second kappa shape index (κ2) is 35.3. The Hall–Kier alpha value is -2.31. The van der Waals surface area contributed by atoms with Crippen molar-refractivity contribution in [1.29, 1.82) is 0 Å². The standard InChI is InChI=1S/C76H124O40/c1-27-40(83)45(88)51(94)64(104-27)112-58-34(22-79)107-62(54(97)48(58)91)103-26-36-43(86)47(90)53(96)67(109-36)116-70(100)76-17-15-71(2,3)19-29(76)28-9-10-38-73(6)13-12-39(72(4,5)37(73)11-14-75(38,8)74(28,7)16-18-76)110-69-61(115-65-52(95)46(89)42(85)32(20-77)105-65)57(31(82)25-102-69)111-66-55(98)49(92)59(35(23-80)108-66)113-68-56(99)60(44(87)33(21-78)106-68)114-63-50(93)41(84)30(81)24-101-63/h9,27,29-69,77-99H,10-26H2,1-8H3. The van der Waals surface area contributed by atoms with Gasteiger partial charge in [0.1, 0.15) is 177 Å². The zero-order valence-corrected chi connectivity index (χ0v) is 66.1. The lowest BCUT2D eigenvalue weighted by Crippen LogP contribution is -2.68. The second-order valence-corrected chi connectivity index (χ2v) is 36.6. The minimum Gasteiger partial charge on any atom is -0.432 e. The van der Waals surface area contributed by atoms with Crippen LogP contribution in [0.15, 0.2) is 11.6 Å². The minimum absolute atomic E-state index is 0.0516. The van der Waals surface area contributed by atoms with Gasteiger partial charge >= 0.3 is 5.97 Å². The highest BCUT2D eigenvalue weighted by Crippen LogP contribution is 2.76. The zero-order chi connectivity index (χ0) is 84.4. The third-order valence-corrected chi connectivity index (χ3v) is 29.0. The van der Waals surface area contributed by atoms with Crippen molar-refractivity contribution in [2.75, 3.05) is 46.2 Å². The van der Waals surface area contributed by atoms with Crippen molar-refractivity contribution >= 4 is 5.97 Å². The third-order valence-electron chi connectivity index (χ3n) is 29.0. The van der Waals surface area contributed by atoms with Crippen molar-refractivity contribution in [3.63, 3.8) is 0 Å². The predicted octanol–water partition coefficient (Wildman–Crippen LogP) is -8.43. The topological polar surface area (TPSA) is 630 Å². The Morgan fingerprint density at radius 1 is 0.405 bits per heavy atom. The van der Waals surface area contributed by atoms with E-state index in [9.17, 15) is 117 Å². The van der Waals surface area contributed by atoms with E-state index in [1.54, 1.807) is 0 Å². The number of esters is 1. The summed E-state index contributed by atoms with van der Waals surface area (Å²) in [5, 5.41) is 252.